The monoisotopic (exact) mass is 296 g/mol. The largest absolute Gasteiger partial charge is 0.497 e. The highest BCUT2D eigenvalue weighted by Crippen LogP contribution is 2.24. The van der Waals surface area contributed by atoms with Crippen LogP contribution >= 0.6 is 0 Å². The van der Waals surface area contributed by atoms with Crippen molar-refractivity contribution in [2.45, 2.75) is 18.4 Å². The van der Waals surface area contributed by atoms with Gasteiger partial charge in [-0.2, -0.15) is 8.78 Å². The summed E-state index contributed by atoms with van der Waals surface area (Å²) in [6.45, 7) is -1.64. The predicted octanol–water partition coefficient (Wildman–Crippen LogP) is 2.12. The zero-order valence-corrected chi connectivity index (χ0v) is 10.8. The number of nitrogens with one attached hydrogen (secondary N) is 1. The van der Waals surface area contributed by atoms with Gasteiger partial charge in [0.05, 0.1) is 19.8 Å². The Hall–Kier alpha value is -1.38. The number of alkyl halides is 4. The molecule has 0 bridgehead atoms. The Morgan fingerprint density at radius 1 is 1.35 bits per heavy atom. The molecule has 0 amide bonds. The molecule has 1 aromatic rings. The second-order valence-electron chi connectivity index (χ2n) is 4.07. The third-order valence-electron chi connectivity index (χ3n) is 2.60. The summed E-state index contributed by atoms with van der Waals surface area (Å²) >= 11 is 0. The first-order valence-corrected chi connectivity index (χ1v) is 5.74. The highest BCUT2D eigenvalue weighted by Gasteiger charge is 2.41. The number of hydrazine groups is 1. The first-order valence-electron chi connectivity index (χ1n) is 5.74. The number of halogens is 4. The van der Waals surface area contributed by atoms with Gasteiger partial charge in [0.15, 0.2) is 0 Å². The summed E-state index contributed by atoms with van der Waals surface area (Å²) < 4.78 is 58.9. The Morgan fingerprint density at radius 2 is 2.05 bits per heavy atom. The van der Waals surface area contributed by atoms with Crippen LogP contribution in [0, 0.1) is 0 Å². The lowest BCUT2D eigenvalue weighted by Crippen LogP contribution is -2.36. The van der Waals surface area contributed by atoms with Gasteiger partial charge >= 0.3 is 12.3 Å². The summed E-state index contributed by atoms with van der Waals surface area (Å²) in [6, 6.07) is 6.09. The number of hydrogen-bond donors (Lipinski definition) is 2. The molecule has 1 aromatic carbocycles. The van der Waals surface area contributed by atoms with Gasteiger partial charge in [-0.05, 0) is 17.7 Å². The van der Waals surface area contributed by atoms with Crippen LogP contribution in [-0.2, 0) is 4.74 Å². The number of hydrogen-bond acceptors (Lipinski definition) is 4. The van der Waals surface area contributed by atoms with E-state index in [9.17, 15) is 17.6 Å². The third kappa shape index (κ3) is 4.62. The predicted molar refractivity (Wildman–Crippen MR) is 64.8 cm³/mol. The molecule has 0 heterocycles. The average molecular weight is 296 g/mol. The molecule has 0 aliphatic carbocycles. The SMILES string of the molecule is COc1cccc(C(COCC(F)(F)C(F)F)NN)c1. The number of rotatable bonds is 8. The first kappa shape index (κ1) is 16.7. The Bertz CT molecular complexity index is 418. The van der Waals surface area contributed by atoms with E-state index in [1.54, 1.807) is 24.3 Å². The fraction of sp³-hybridized carbons (Fsp3) is 0.500. The standard InChI is InChI=1S/C12H16F4N2O2/c1-19-9-4-2-3-8(5-9)10(18-17)6-20-7-12(15,16)11(13)14/h2-5,10-11,18H,6-7,17H2,1H3. The summed E-state index contributed by atoms with van der Waals surface area (Å²) in [4.78, 5) is 0. The summed E-state index contributed by atoms with van der Waals surface area (Å²) in [5, 5.41) is 0. The van der Waals surface area contributed by atoms with Gasteiger partial charge in [0.1, 0.15) is 12.4 Å². The van der Waals surface area contributed by atoms with Gasteiger partial charge in [-0.1, -0.05) is 12.1 Å². The van der Waals surface area contributed by atoms with Crippen LogP contribution in [0.2, 0.25) is 0 Å². The minimum Gasteiger partial charge on any atom is -0.497 e. The van der Waals surface area contributed by atoms with Gasteiger partial charge in [0.2, 0.25) is 0 Å². The highest BCUT2D eigenvalue weighted by atomic mass is 19.3. The van der Waals surface area contributed by atoms with E-state index in [1.807, 2.05) is 0 Å². The van der Waals surface area contributed by atoms with E-state index in [4.69, 9.17) is 10.6 Å². The van der Waals surface area contributed by atoms with Crippen molar-refractivity contribution in [3.05, 3.63) is 29.8 Å². The van der Waals surface area contributed by atoms with Gasteiger partial charge in [-0.25, -0.2) is 8.78 Å². The van der Waals surface area contributed by atoms with Crippen LogP contribution in [0.5, 0.6) is 5.75 Å². The van der Waals surface area contributed by atoms with Crippen molar-refractivity contribution in [2.75, 3.05) is 20.3 Å². The van der Waals surface area contributed by atoms with E-state index in [0.717, 1.165) is 0 Å². The summed E-state index contributed by atoms with van der Waals surface area (Å²) in [6.07, 6.45) is -3.76. The van der Waals surface area contributed by atoms with E-state index in [1.165, 1.54) is 7.11 Å². The minimum atomic E-state index is -4.17. The summed E-state index contributed by atoms with van der Waals surface area (Å²) in [7, 11) is 1.48. The van der Waals surface area contributed by atoms with Crippen LogP contribution < -0.4 is 16.0 Å². The van der Waals surface area contributed by atoms with Gasteiger partial charge in [-0.3, -0.25) is 11.3 Å². The Balaban J connectivity index is 2.59. The molecule has 0 saturated heterocycles. The normalized spacial score (nSPS) is 13.6. The maximum atomic E-state index is 12.7. The average Bonchev–Trinajstić information content (AvgIpc) is 2.43. The molecule has 1 unspecified atom stereocenters. The van der Waals surface area contributed by atoms with Crippen molar-refractivity contribution < 1.29 is 27.0 Å². The van der Waals surface area contributed by atoms with Crippen LogP contribution in [0.25, 0.3) is 0 Å². The number of methoxy groups -OCH3 is 1. The van der Waals surface area contributed by atoms with Crippen molar-refractivity contribution >= 4 is 0 Å². The van der Waals surface area contributed by atoms with Crippen LogP contribution in [0.15, 0.2) is 24.3 Å². The molecule has 0 radical (unpaired) electrons. The molecular formula is C12H16F4N2O2. The number of ether oxygens (including phenoxy) is 2. The molecule has 114 valence electrons. The highest BCUT2D eigenvalue weighted by molar-refractivity contribution is 5.30. The zero-order valence-electron chi connectivity index (χ0n) is 10.8. The Labute approximate surface area is 113 Å². The number of benzene rings is 1. The van der Waals surface area contributed by atoms with Gasteiger partial charge in [-0.15, -0.1) is 0 Å². The second kappa shape index (κ2) is 7.41. The van der Waals surface area contributed by atoms with Crippen LogP contribution in [0.1, 0.15) is 11.6 Å². The first-order chi connectivity index (χ1) is 9.40. The number of nitrogens with two attached hydrogens (primary N) is 1. The Kier molecular flexibility index (Phi) is 6.18. The molecule has 0 saturated carbocycles. The van der Waals surface area contributed by atoms with Crippen molar-refractivity contribution in [1.82, 2.24) is 5.43 Å². The molecule has 1 rings (SSSR count). The van der Waals surface area contributed by atoms with Gasteiger partial charge in [0.25, 0.3) is 0 Å². The topological polar surface area (TPSA) is 56.5 Å². The quantitative estimate of drug-likeness (QED) is 0.438. The molecule has 20 heavy (non-hydrogen) atoms. The van der Waals surface area contributed by atoms with Crippen molar-refractivity contribution in [3.63, 3.8) is 0 Å². The van der Waals surface area contributed by atoms with E-state index >= 15 is 0 Å². The maximum Gasteiger partial charge on any atom is 0.330 e. The fourth-order valence-corrected chi connectivity index (χ4v) is 1.47. The van der Waals surface area contributed by atoms with Gasteiger partial charge in [0, 0.05) is 0 Å². The fourth-order valence-electron chi connectivity index (χ4n) is 1.47. The maximum absolute atomic E-state index is 12.7. The molecule has 0 fully saturated rings. The molecule has 8 heteroatoms. The lowest BCUT2D eigenvalue weighted by molar-refractivity contribution is -0.167. The van der Waals surface area contributed by atoms with E-state index < -0.39 is 25.0 Å². The molecule has 1 atom stereocenters. The smallest absolute Gasteiger partial charge is 0.330 e. The molecule has 0 aliphatic rings. The van der Waals surface area contributed by atoms with E-state index in [2.05, 4.69) is 10.2 Å². The molecule has 0 spiro atoms. The Morgan fingerprint density at radius 3 is 2.60 bits per heavy atom. The lowest BCUT2D eigenvalue weighted by atomic mass is 10.1. The van der Waals surface area contributed by atoms with Crippen molar-refractivity contribution in [2.24, 2.45) is 5.84 Å². The molecule has 4 nitrogen and oxygen atoms in total. The van der Waals surface area contributed by atoms with Crippen LogP contribution in [0.3, 0.4) is 0 Å². The van der Waals surface area contributed by atoms with E-state index in [0.29, 0.717) is 11.3 Å². The minimum absolute atomic E-state index is 0.272. The van der Waals surface area contributed by atoms with E-state index in [-0.39, 0.29) is 6.61 Å². The second-order valence-corrected chi connectivity index (χ2v) is 4.07. The summed E-state index contributed by atoms with van der Waals surface area (Å²) in [5.74, 6) is 1.68. The zero-order chi connectivity index (χ0) is 15.2. The van der Waals surface area contributed by atoms with Gasteiger partial charge < -0.3 is 9.47 Å². The van der Waals surface area contributed by atoms with Crippen molar-refractivity contribution in [1.29, 1.82) is 0 Å². The van der Waals surface area contributed by atoms with Crippen LogP contribution in [-0.4, -0.2) is 32.7 Å². The molecular weight excluding hydrogens is 280 g/mol. The molecule has 3 N–H and O–H groups in total. The molecule has 0 aromatic heterocycles. The summed E-state index contributed by atoms with van der Waals surface area (Å²) in [5.41, 5.74) is 3.00. The van der Waals surface area contributed by atoms with Crippen LogP contribution in [0.4, 0.5) is 17.6 Å². The third-order valence-corrected chi connectivity index (χ3v) is 2.60. The lowest BCUT2D eigenvalue weighted by Gasteiger charge is -2.20. The van der Waals surface area contributed by atoms with Crippen molar-refractivity contribution in [3.8, 4) is 5.75 Å². The molecule has 0 aliphatic heterocycles.